The summed E-state index contributed by atoms with van der Waals surface area (Å²) in [5, 5.41) is 0.877. The Balaban J connectivity index is 1.78. The molecule has 1 aromatic rings. The molecule has 1 atom stereocenters. The predicted octanol–water partition coefficient (Wildman–Crippen LogP) is 2.16. The number of alkyl halides is 1. The zero-order valence-corrected chi connectivity index (χ0v) is 11.5. The average molecular weight is 312 g/mol. The van der Waals surface area contributed by atoms with Gasteiger partial charge in [-0.15, -0.1) is 0 Å². The van der Waals surface area contributed by atoms with Crippen LogP contribution in [-0.4, -0.2) is 29.5 Å². The smallest absolute Gasteiger partial charge is 0.231 e. The fourth-order valence-electron chi connectivity index (χ4n) is 2.43. The molecule has 1 saturated heterocycles. The Morgan fingerprint density at radius 3 is 3.06 bits per heavy atom. The van der Waals surface area contributed by atoms with E-state index in [1.807, 2.05) is 23.1 Å². The second-order valence-electron chi connectivity index (χ2n) is 4.65. The summed E-state index contributed by atoms with van der Waals surface area (Å²) in [7, 11) is 0. The van der Waals surface area contributed by atoms with Gasteiger partial charge in [0.1, 0.15) is 0 Å². The zero-order chi connectivity index (χ0) is 12.5. The van der Waals surface area contributed by atoms with Crippen LogP contribution in [0.5, 0.6) is 11.5 Å². The molecule has 4 nitrogen and oxygen atoms in total. The van der Waals surface area contributed by atoms with E-state index in [0.717, 1.165) is 28.9 Å². The van der Waals surface area contributed by atoms with Crippen molar-refractivity contribution in [3.63, 3.8) is 0 Å². The van der Waals surface area contributed by atoms with Crippen LogP contribution in [0.15, 0.2) is 18.2 Å². The van der Waals surface area contributed by atoms with Crippen molar-refractivity contribution in [3.8, 4) is 11.5 Å². The summed E-state index contributed by atoms with van der Waals surface area (Å²) in [6, 6.07) is 5.81. The highest BCUT2D eigenvalue weighted by Crippen LogP contribution is 2.36. The average Bonchev–Trinajstić information content (AvgIpc) is 2.97. The first kappa shape index (κ1) is 11.8. The van der Waals surface area contributed by atoms with Crippen molar-refractivity contribution in [2.24, 2.45) is 5.92 Å². The predicted molar refractivity (Wildman–Crippen MR) is 69.9 cm³/mol. The summed E-state index contributed by atoms with van der Waals surface area (Å²) in [4.78, 5) is 13.8. The Morgan fingerprint density at radius 2 is 2.28 bits per heavy atom. The Labute approximate surface area is 114 Å². The highest BCUT2D eigenvalue weighted by molar-refractivity contribution is 9.09. The Hall–Kier alpha value is -1.23. The second kappa shape index (κ2) is 4.80. The van der Waals surface area contributed by atoms with Crippen LogP contribution in [0.1, 0.15) is 12.0 Å². The van der Waals surface area contributed by atoms with Gasteiger partial charge in [0.15, 0.2) is 11.5 Å². The standard InChI is InChI=1S/C13H14BrNO3/c14-5-9-4-12(16)15(6-9)7-10-2-1-3-11-13(10)18-8-17-11/h1-3,9H,4-8H2. The molecule has 18 heavy (non-hydrogen) atoms. The highest BCUT2D eigenvalue weighted by atomic mass is 79.9. The third kappa shape index (κ3) is 2.07. The lowest BCUT2D eigenvalue weighted by Crippen LogP contribution is -2.24. The summed E-state index contributed by atoms with van der Waals surface area (Å²) in [6.45, 7) is 1.69. The maximum Gasteiger partial charge on any atom is 0.231 e. The molecule has 1 amide bonds. The number of hydrogen-bond acceptors (Lipinski definition) is 3. The van der Waals surface area contributed by atoms with Crippen LogP contribution in [0.4, 0.5) is 0 Å². The van der Waals surface area contributed by atoms with E-state index >= 15 is 0 Å². The van der Waals surface area contributed by atoms with Gasteiger partial charge in [0.05, 0.1) is 0 Å². The van der Waals surface area contributed by atoms with Gasteiger partial charge in [-0.25, -0.2) is 0 Å². The van der Waals surface area contributed by atoms with E-state index < -0.39 is 0 Å². The molecule has 2 heterocycles. The van der Waals surface area contributed by atoms with E-state index in [4.69, 9.17) is 9.47 Å². The summed E-state index contributed by atoms with van der Waals surface area (Å²) in [5.74, 6) is 2.20. The molecule has 1 unspecified atom stereocenters. The minimum absolute atomic E-state index is 0.218. The maximum absolute atomic E-state index is 11.9. The molecule has 0 saturated carbocycles. The van der Waals surface area contributed by atoms with Gasteiger partial charge in [0.2, 0.25) is 12.7 Å². The van der Waals surface area contributed by atoms with Crippen molar-refractivity contribution in [2.45, 2.75) is 13.0 Å². The van der Waals surface area contributed by atoms with Gasteiger partial charge in [0.25, 0.3) is 0 Å². The number of ether oxygens (including phenoxy) is 2. The Kier molecular flexibility index (Phi) is 3.16. The third-order valence-corrected chi connectivity index (χ3v) is 4.27. The van der Waals surface area contributed by atoms with Gasteiger partial charge in [-0.3, -0.25) is 4.79 Å². The van der Waals surface area contributed by atoms with Gasteiger partial charge >= 0.3 is 0 Å². The van der Waals surface area contributed by atoms with Gasteiger partial charge in [-0.05, 0) is 12.0 Å². The molecule has 0 aliphatic carbocycles. The van der Waals surface area contributed by atoms with Crippen molar-refractivity contribution in [2.75, 3.05) is 18.7 Å². The van der Waals surface area contributed by atoms with E-state index in [-0.39, 0.29) is 12.7 Å². The maximum atomic E-state index is 11.9. The molecule has 0 N–H and O–H groups in total. The first-order valence-electron chi connectivity index (χ1n) is 5.99. The summed E-state index contributed by atoms with van der Waals surface area (Å²) >= 11 is 3.44. The molecular formula is C13H14BrNO3. The number of hydrogen-bond donors (Lipinski definition) is 0. The van der Waals surface area contributed by atoms with Crippen LogP contribution in [-0.2, 0) is 11.3 Å². The van der Waals surface area contributed by atoms with Crippen molar-refractivity contribution in [1.29, 1.82) is 0 Å². The van der Waals surface area contributed by atoms with Crippen molar-refractivity contribution >= 4 is 21.8 Å². The molecule has 0 radical (unpaired) electrons. The first-order valence-corrected chi connectivity index (χ1v) is 7.11. The highest BCUT2D eigenvalue weighted by Gasteiger charge is 2.30. The van der Waals surface area contributed by atoms with Gasteiger partial charge in [0, 0.05) is 30.4 Å². The van der Waals surface area contributed by atoms with Gasteiger partial charge in [-0.2, -0.15) is 0 Å². The number of rotatable bonds is 3. The molecule has 0 spiro atoms. The van der Waals surface area contributed by atoms with Gasteiger partial charge < -0.3 is 14.4 Å². The van der Waals surface area contributed by atoms with Crippen LogP contribution in [0.2, 0.25) is 0 Å². The third-order valence-electron chi connectivity index (χ3n) is 3.35. The molecule has 5 heteroatoms. The number of amides is 1. The molecule has 3 rings (SSSR count). The number of halogens is 1. The van der Waals surface area contributed by atoms with Crippen molar-refractivity contribution in [1.82, 2.24) is 4.90 Å². The van der Waals surface area contributed by atoms with Crippen LogP contribution >= 0.6 is 15.9 Å². The minimum Gasteiger partial charge on any atom is -0.454 e. The molecule has 96 valence electrons. The number of benzene rings is 1. The molecule has 2 aliphatic rings. The topological polar surface area (TPSA) is 38.8 Å². The normalized spacial score (nSPS) is 21.7. The summed E-state index contributed by atoms with van der Waals surface area (Å²) in [5.41, 5.74) is 1.02. The van der Waals surface area contributed by atoms with Crippen LogP contribution < -0.4 is 9.47 Å². The molecule has 2 aliphatic heterocycles. The fourth-order valence-corrected chi connectivity index (χ4v) is 2.86. The van der Waals surface area contributed by atoms with E-state index in [1.165, 1.54) is 0 Å². The number of carbonyl (C=O) groups is 1. The fraction of sp³-hybridized carbons (Fsp3) is 0.462. The number of para-hydroxylation sites is 1. The molecular weight excluding hydrogens is 298 g/mol. The number of likely N-dealkylation sites (tertiary alicyclic amines) is 1. The SMILES string of the molecule is O=C1CC(CBr)CN1Cc1cccc2c1OCO2. The lowest BCUT2D eigenvalue weighted by Gasteiger charge is -2.17. The van der Waals surface area contributed by atoms with E-state index in [0.29, 0.717) is 18.9 Å². The Bertz CT molecular complexity index is 477. The Morgan fingerprint density at radius 1 is 1.39 bits per heavy atom. The largest absolute Gasteiger partial charge is 0.454 e. The van der Waals surface area contributed by atoms with E-state index in [9.17, 15) is 4.79 Å². The molecule has 1 fully saturated rings. The second-order valence-corrected chi connectivity index (χ2v) is 5.30. The number of fused-ring (bicyclic) bond motifs is 1. The quantitative estimate of drug-likeness (QED) is 0.803. The molecule has 1 aromatic carbocycles. The lowest BCUT2D eigenvalue weighted by molar-refractivity contribution is -0.128. The molecule has 0 aromatic heterocycles. The van der Waals surface area contributed by atoms with Crippen molar-refractivity contribution in [3.05, 3.63) is 23.8 Å². The summed E-state index contributed by atoms with van der Waals surface area (Å²) < 4.78 is 10.8. The number of nitrogens with zero attached hydrogens (tertiary/aromatic N) is 1. The zero-order valence-electron chi connectivity index (χ0n) is 9.89. The minimum atomic E-state index is 0.218. The molecule has 0 bridgehead atoms. The lowest BCUT2D eigenvalue weighted by atomic mass is 10.1. The van der Waals surface area contributed by atoms with E-state index in [1.54, 1.807) is 0 Å². The van der Waals surface area contributed by atoms with Crippen LogP contribution in [0.25, 0.3) is 0 Å². The van der Waals surface area contributed by atoms with Crippen molar-refractivity contribution < 1.29 is 14.3 Å². The van der Waals surface area contributed by atoms with Gasteiger partial charge in [-0.1, -0.05) is 28.1 Å². The number of carbonyl (C=O) groups excluding carboxylic acids is 1. The first-order chi connectivity index (χ1) is 8.78. The monoisotopic (exact) mass is 311 g/mol. The van der Waals surface area contributed by atoms with E-state index in [2.05, 4.69) is 15.9 Å². The van der Waals surface area contributed by atoms with Crippen LogP contribution in [0.3, 0.4) is 0 Å². The van der Waals surface area contributed by atoms with Crippen LogP contribution in [0, 0.1) is 5.92 Å². The summed E-state index contributed by atoms with van der Waals surface area (Å²) in [6.07, 6.45) is 0.637.